The number of methoxy groups -OCH3 is 2. The van der Waals surface area contributed by atoms with Gasteiger partial charge < -0.3 is 19.3 Å². The Morgan fingerprint density at radius 3 is 2.50 bits per heavy atom. The minimum absolute atomic E-state index is 0.0112. The van der Waals surface area contributed by atoms with E-state index >= 15 is 0 Å². The first-order valence-electron chi connectivity index (χ1n) is 4.15. The minimum Gasteiger partial charge on any atom is -0.460 e. The number of carbonyl (C=O) groups excluding carboxylic acids is 1. The van der Waals surface area contributed by atoms with Gasteiger partial charge >= 0.3 is 5.97 Å². The zero-order chi connectivity index (χ0) is 11.0. The fourth-order valence-electron chi connectivity index (χ4n) is 0.705. The maximum Gasteiger partial charge on any atom is 0.336 e. The zero-order valence-electron chi connectivity index (χ0n) is 8.49. The van der Waals surface area contributed by atoms with Gasteiger partial charge in [-0.1, -0.05) is 6.58 Å². The Kier molecular flexibility index (Phi) is 7.00. The van der Waals surface area contributed by atoms with Crippen LogP contribution in [0.5, 0.6) is 0 Å². The fourth-order valence-corrected chi connectivity index (χ4v) is 0.705. The number of carbonyl (C=O) groups is 1. The van der Waals surface area contributed by atoms with Crippen LogP contribution in [0, 0.1) is 0 Å². The van der Waals surface area contributed by atoms with Crippen LogP contribution in [0.3, 0.4) is 0 Å². The molecule has 1 unspecified atom stereocenters. The molecule has 0 aliphatic rings. The smallest absolute Gasteiger partial charge is 0.336 e. The first-order chi connectivity index (χ1) is 6.63. The van der Waals surface area contributed by atoms with Crippen molar-refractivity contribution in [1.29, 1.82) is 0 Å². The van der Waals surface area contributed by atoms with Crippen LogP contribution in [-0.2, 0) is 19.0 Å². The van der Waals surface area contributed by atoms with E-state index in [-0.39, 0.29) is 18.8 Å². The van der Waals surface area contributed by atoms with Crippen LogP contribution in [0.25, 0.3) is 0 Å². The maximum atomic E-state index is 11.1. The summed E-state index contributed by atoms with van der Waals surface area (Å²) in [6.07, 6.45) is -1.02. The van der Waals surface area contributed by atoms with Gasteiger partial charge in [0.15, 0.2) is 0 Å². The Balaban J connectivity index is 3.81. The molecular formula is C9H16O5. The summed E-state index contributed by atoms with van der Waals surface area (Å²) in [5.41, 5.74) is -0.0112. The van der Waals surface area contributed by atoms with Crippen molar-refractivity contribution < 1.29 is 24.1 Å². The van der Waals surface area contributed by atoms with Gasteiger partial charge in [-0.05, 0) is 0 Å². The molecule has 0 amide bonds. The van der Waals surface area contributed by atoms with Gasteiger partial charge in [0.2, 0.25) is 0 Å². The normalized spacial score (nSPS) is 12.2. The number of hydrogen-bond acceptors (Lipinski definition) is 5. The summed E-state index contributed by atoms with van der Waals surface area (Å²) in [7, 11) is 2.93. The molecule has 0 bridgehead atoms. The molecule has 1 N–H and O–H groups in total. The van der Waals surface area contributed by atoms with Gasteiger partial charge in [0, 0.05) is 14.2 Å². The largest absolute Gasteiger partial charge is 0.460 e. The molecule has 1 atom stereocenters. The molecule has 0 saturated heterocycles. The van der Waals surface area contributed by atoms with Crippen LogP contribution in [0.2, 0.25) is 0 Å². The molecule has 0 aromatic carbocycles. The van der Waals surface area contributed by atoms with E-state index in [1.54, 1.807) is 0 Å². The Morgan fingerprint density at radius 2 is 2.00 bits per heavy atom. The molecule has 0 radical (unpaired) electrons. The van der Waals surface area contributed by atoms with E-state index in [9.17, 15) is 9.90 Å². The lowest BCUT2D eigenvalue weighted by atomic mass is 10.2. The van der Waals surface area contributed by atoms with Gasteiger partial charge in [-0.15, -0.1) is 0 Å². The van der Waals surface area contributed by atoms with Crippen LogP contribution < -0.4 is 0 Å². The number of ether oxygens (including phenoxy) is 3. The number of hydrogen-bond donors (Lipinski definition) is 1. The Bertz CT molecular complexity index is 190. The van der Waals surface area contributed by atoms with Gasteiger partial charge in [-0.2, -0.15) is 0 Å². The van der Waals surface area contributed by atoms with Crippen molar-refractivity contribution in [3.8, 4) is 0 Å². The topological polar surface area (TPSA) is 65.0 Å². The van der Waals surface area contributed by atoms with E-state index in [4.69, 9.17) is 4.74 Å². The summed E-state index contributed by atoms with van der Waals surface area (Å²) in [6.45, 7) is 3.90. The average molecular weight is 204 g/mol. The molecule has 0 saturated carbocycles. The lowest BCUT2D eigenvalue weighted by Crippen LogP contribution is -2.24. The first-order valence-corrected chi connectivity index (χ1v) is 4.15. The Hall–Kier alpha value is -0.910. The summed E-state index contributed by atoms with van der Waals surface area (Å²) >= 11 is 0. The molecule has 82 valence electrons. The maximum absolute atomic E-state index is 11.1. The van der Waals surface area contributed by atoms with Crippen LogP contribution in [-0.4, -0.2) is 51.2 Å². The average Bonchev–Trinajstić information content (AvgIpc) is 2.17. The molecule has 14 heavy (non-hydrogen) atoms. The molecule has 0 heterocycles. The third-order valence-corrected chi connectivity index (χ3v) is 1.51. The Morgan fingerprint density at radius 1 is 1.36 bits per heavy atom. The molecule has 0 aliphatic heterocycles. The summed E-state index contributed by atoms with van der Waals surface area (Å²) < 4.78 is 14.1. The standard InChI is InChI=1S/C9H16O5/c1-7(8(10)6-13-3)9(11)14-5-4-12-2/h8,10H,1,4-6H2,2-3H3. The van der Waals surface area contributed by atoms with Gasteiger partial charge in [-0.25, -0.2) is 4.79 Å². The number of esters is 1. The van der Waals surface area contributed by atoms with Crippen molar-refractivity contribution in [2.24, 2.45) is 0 Å². The zero-order valence-corrected chi connectivity index (χ0v) is 8.49. The number of aliphatic hydroxyl groups is 1. The second-order valence-electron chi connectivity index (χ2n) is 2.63. The van der Waals surface area contributed by atoms with Crippen molar-refractivity contribution in [3.63, 3.8) is 0 Å². The third-order valence-electron chi connectivity index (χ3n) is 1.51. The van der Waals surface area contributed by atoms with E-state index in [0.717, 1.165) is 0 Å². The van der Waals surface area contributed by atoms with Crippen molar-refractivity contribution in [2.75, 3.05) is 34.0 Å². The highest BCUT2D eigenvalue weighted by Gasteiger charge is 2.17. The highest BCUT2D eigenvalue weighted by molar-refractivity contribution is 5.88. The molecule has 0 fully saturated rings. The highest BCUT2D eigenvalue weighted by Crippen LogP contribution is 2.02. The lowest BCUT2D eigenvalue weighted by molar-refractivity contribution is -0.141. The minimum atomic E-state index is -1.02. The quantitative estimate of drug-likeness (QED) is 0.351. The van der Waals surface area contributed by atoms with E-state index in [0.29, 0.717) is 6.61 Å². The molecule has 0 aliphatic carbocycles. The highest BCUT2D eigenvalue weighted by atomic mass is 16.6. The van der Waals surface area contributed by atoms with E-state index in [1.165, 1.54) is 14.2 Å². The fraction of sp³-hybridized carbons (Fsp3) is 0.667. The van der Waals surface area contributed by atoms with Crippen molar-refractivity contribution in [3.05, 3.63) is 12.2 Å². The second kappa shape index (κ2) is 7.49. The lowest BCUT2D eigenvalue weighted by Gasteiger charge is -2.11. The SMILES string of the molecule is C=C(C(=O)OCCOC)C(O)COC. The molecular weight excluding hydrogens is 188 g/mol. The van der Waals surface area contributed by atoms with Crippen molar-refractivity contribution in [2.45, 2.75) is 6.10 Å². The molecule has 5 nitrogen and oxygen atoms in total. The predicted molar refractivity (Wildman–Crippen MR) is 49.9 cm³/mol. The monoisotopic (exact) mass is 204 g/mol. The van der Waals surface area contributed by atoms with E-state index in [1.807, 2.05) is 0 Å². The van der Waals surface area contributed by atoms with Crippen LogP contribution >= 0.6 is 0 Å². The molecule has 0 spiro atoms. The summed E-state index contributed by atoms with van der Waals surface area (Å²) in [6, 6.07) is 0. The molecule has 5 heteroatoms. The number of aliphatic hydroxyl groups excluding tert-OH is 1. The van der Waals surface area contributed by atoms with Gasteiger partial charge in [0.1, 0.15) is 12.7 Å². The Labute approximate surface area is 83.3 Å². The van der Waals surface area contributed by atoms with Crippen LogP contribution in [0.15, 0.2) is 12.2 Å². The second-order valence-corrected chi connectivity index (χ2v) is 2.63. The summed E-state index contributed by atoms with van der Waals surface area (Å²) in [5, 5.41) is 9.29. The first kappa shape index (κ1) is 13.1. The van der Waals surface area contributed by atoms with E-state index in [2.05, 4.69) is 16.1 Å². The molecule has 0 aromatic heterocycles. The molecule has 0 rings (SSSR count). The van der Waals surface area contributed by atoms with Crippen molar-refractivity contribution >= 4 is 5.97 Å². The van der Waals surface area contributed by atoms with Gasteiger partial charge in [0.05, 0.1) is 18.8 Å². The predicted octanol–water partition coefficient (Wildman–Crippen LogP) is -0.261. The van der Waals surface area contributed by atoms with Gasteiger partial charge in [0.25, 0.3) is 0 Å². The van der Waals surface area contributed by atoms with Crippen molar-refractivity contribution in [1.82, 2.24) is 0 Å². The number of rotatable bonds is 7. The van der Waals surface area contributed by atoms with Crippen LogP contribution in [0.4, 0.5) is 0 Å². The third kappa shape index (κ3) is 4.96. The molecule has 0 aromatic rings. The summed E-state index contributed by atoms with van der Waals surface area (Å²) in [5.74, 6) is -0.633. The van der Waals surface area contributed by atoms with E-state index < -0.39 is 12.1 Å². The summed E-state index contributed by atoms with van der Waals surface area (Å²) in [4.78, 5) is 11.1. The van der Waals surface area contributed by atoms with Gasteiger partial charge in [-0.3, -0.25) is 0 Å². The van der Waals surface area contributed by atoms with Crippen LogP contribution in [0.1, 0.15) is 0 Å².